The van der Waals surface area contributed by atoms with Crippen molar-refractivity contribution in [1.29, 1.82) is 0 Å². The molecule has 0 atom stereocenters. The number of carbonyl (C=O) groups is 1. The standard InChI is InChI=1S/C33H36FN3O4/c1-22-27(16-24-17-30(39-3)33(31(18-24)40-4)41-37-14-12-36(2)13-15-37)26-11-10-25(34)20-28(26)29(22)21-35-32(38)19-23-8-6-5-7-9-23/h5-11,16-18,20H,12-15,19,21H2,1-4H3,(H,35,38)/b27-16-. The Morgan fingerprint density at radius 2 is 1.63 bits per heavy atom. The lowest BCUT2D eigenvalue weighted by Crippen LogP contribution is -2.45. The molecule has 1 aliphatic heterocycles. The summed E-state index contributed by atoms with van der Waals surface area (Å²) in [6.07, 6.45) is 2.32. The van der Waals surface area contributed by atoms with E-state index in [9.17, 15) is 9.18 Å². The SMILES string of the molecule is COc1cc(/C=C2/C(C)=C(CNC(=O)Cc3ccccc3)c3cc(F)ccc32)cc(OC)c1ON1CCN(C)CC1. The van der Waals surface area contributed by atoms with Gasteiger partial charge in [-0.2, -0.15) is 0 Å². The van der Waals surface area contributed by atoms with Gasteiger partial charge in [0.15, 0.2) is 11.5 Å². The first-order chi connectivity index (χ1) is 19.9. The minimum Gasteiger partial charge on any atom is -0.493 e. The van der Waals surface area contributed by atoms with Crippen LogP contribution in [0.5, 0.6) is 17.2 Å². The van der Waals surface area contributed by atoms with Gasteiger partial charge in [0.2, 0.25) is 11.7 Å². The molecule has 1 saturated heterocycles. The van der Waals surface area contributed by atoms with Gasteiger partial charge in [-0.05, 0) is 83.3 Å². The molecule has 0 bridgehead atoms. The van der Waals surface area contributed by atoms with E-state index in [-0.39, 0.29) is 18.1 Å². The fourth-order valence-corrected chi connectivity index (χ4v) is 5.26. The van der Waals surface area contributed by atoms with E-state index in [1.165, 1.54) is 12.1 Å². The molecule has 0 unspecified atom stereocenters. The molecule has 1 heterocycles. The lowest BCUT2D eigenvalue weighted by atomic mass is 10.00. The molecule has 0 saturated carbocycles. The number of rotatable bonds is 9. The van der Waals surface area contributed by atoms with Gasteiger partial charge < -0.3 is 24.5 Å². The van der Waals surface area contributed by atoms with E-state index < -0.39 is 0 Å². The third-order valence-corrected chi connectivity index (χ3v) is 7.60. The molecule has 1 N–H and O–H groups in total. The molecule has 7 nitrogen and oxygen atoms in total. The summed E-state index contributed by atoms with van der Waals surface area (Å²) in [5.74, 6) is 1.24. The molecular weight excluding hydrogens is 521 g/mol. The maximum atomic E-state index is 14.4. The molecule has 0 radical (unpaired) electrons. The van der Waals surface area contributed by atoms with Gasteiger partial charge in [0.25, 0.3) is 0 Å². The lowest BCUT2D eigenvalue weighted by Gasteiger charge is -2.32. The maximum Gasteiger partial charge on any atom is 0.230 e. The zero-order chi connectivity index (χ0) is 28.9. The van der Waals surface area contributed by atoms with Crippen LogP contribution < -0.4 is 19.6 Å². The molecule has 1 amide bonds. The summed E-state index contributed by atoms with van der Waals surface area (Å²) < 4.78 is 25.8. The number of halogens is 1. The van der Waals surface area contributed by atoms with Gasteiger partial charge in [0.05, 0.1) is 20.6 Å². The van der Waals surface area contributed by atoms with Crippen LogP contribution in [0.4, 0.5) is 4.39 Å². The highest BCUT2D eigenvalue weighted by molar-refractivity contribution is 6.06. The molecule has 2 aliphatic rings. The van der Waals surface area contributed by atoms with Crippen LogP contribution >= 0.6 is 0 Å². The van der Waals surface area contributed by atoms with Crippen molar-refractivity contribution in [1.82, 2.24) is 15.3 Å². The molecule has 8 heteroatoms. The summed E-state index contributed by atoms with van der Waals surface area (Å²) in [4.78, 5) is 21.2. The first kappa shape index (κ1) is 28.4. The average molecular weight is 558 g/mol. The van der Waals surface area contributed by atoms with E-state index in [4.69, 9.17) is 14.3 Å². The third-order valence-electron chi connectivity index (χ3n) is 7.60. The second-order valence-electron chi connectivity index (χ2n) is 10.4. The second-order valence-corrected chi connectivity index (χ2v) is 10.4. The molecule has 0 aromatic heterocycles. The number of nitrogens with zero attached hydrogens (tertiary/aromatic N) is 2. The summed E-state index contributed by atoms with van der Waals surface area (Å²) in [5.41, 5.74) is 6.29. The molecule has 5 rings (SSSR count). The number of methoxy groups -OCH3 is 2. The number of likely N-dealkylation sites (N-methyl/N-ethyl adjacent to an activating group) is 1. The number of benzene rings is 3. The molecular formula is C33H36FN3O4. The first-order valence-corrected chi connectivity index (χ1v) is 13.8. The van der Waals surface area contributed by atoms with Crippen molar-refractivity contribution in [2.45, 2.75) is 13.3 Å². The van der Waals surface area contributed by atoms with E-state index in [1.807, 2.05) is 60.5 Å². The largest absolute Gasteiger partial charge is 0.493 e. The molecule has 1 fully saturated rings. The van der Waals surface area contributed by atoms with E-state index >= 15 is 0 Å². The van der Waals surface area contributed by atoms with Crippen molar-refractivity contribution in [2.75, 3.05) is 54.0 Å². The number of hydroxylamine groups is 2. The number of fused-ring (bicyclic) bond motifs is 1. The number of hydrogen-bond donors (Lipinski definition) is 1. The zero-order valence-electron chi connectivity index (χ0n) is 24.0. The summed E-state index contributed by atoms with van der Waals surface area (Å²) in [5, 5.41) is 4.95. The van der Waals surface area contributed by atoms with Crippen LogP contribution in [0.25, 0.3) is 17.2 Å². The Labute approximate surface area is 240 Å². The molecule has 3 aromatic rings. The quantitative estimate of drug-likeness (QED) is 0.397. The van der Waals surface area contributed by atoms with Gasteiger partial charge in [-0.3, -0.25) is 4.79 Å². The summed E-state index contributed by atoms with van der Waals surface area (Å²) >= 11 is 0. The number of allylic oxidation sites excluding steroid dienone is 2. The fourth-order valence-electron chi connectivity index (χ4n) is 5.26. The van der Waals surface area contributed by atoms with Crippen molar-refractivity contribution in [3.8, 4) is 17.2 Å². The molecule has 0 spiro atoms. The third kappa shape index (κ3) is 6.45. The van der Waals surface area contributed by atoms with Gasteiger partial charge >= 0.3 is 0 Å². The molecule has 214 valence electrons. The maximum absolute atomic E-state index is 14.4. The normalized spacial score (nSPS) is 16.6. The molecule has 3 aromatic carbocycles. The van der Waals surface area contributed by atoms with Crippen LogP contribution in [-0.2, 0) is 11.2 Å². The Morgan fingerprint density at radius 1 is 0.951 bits per heavy atom. The summed E-state index contributed by atoms with van der Waals surface area (Å²) in [6, 6.07) is 18.2. The summed E-state index contributed by atoms with van der Waals surface area (Å²) in [7, 11) is 5.31. The van der Waals surface area contributed by atoms with Gasteiger partial charge in [0.1, 0.15) is 5.82 Å². The van der Waals surface area contributed by atoms with Crippen LogP contribution in [0.2, 0.25) is 0 Å². The highest BCUT2D eigenvalue weighted by Gasteiger charge is 2.26. The minimum absolute atomic E-state index is 0.0858. The van der Waals surface area contributed by atoms with E-state index in [0.29, 0.717) is 23.8 Å². The number of carbonyl (C=O) groups excluding carboxylic acids is 1. The Bertz CT molecular complexity index is 1450. The Balaban J connectivity index is 1.43. The number of amides is 1. The van der Waals surface area contributed by atoms with Crippen LogP contribution in [0.3, 0.4) is 0 Å². The van der Waals surface area contributed by atoms with Crippen molar-refractivity contribution in [3.63, 3.8) is 0 Å². The highest BCUT2D eigenvalue weighted by atomic mass is 19.1. The lowest BCUT2D eigenvalue weighted by molar-refractivity contribution is -0.120. The van der Waals surface area contributed by atoms with Crippen LogP contribution in [-0.4, -0.2) is 69.9 Å². The Hall–Kier alpha value is -4.14. The fraction of sp³-hybridized carbons (Fsp3) is 0.303. The first-order valence-electron chi connectivity index (χ1n) is 13.8. The number of nitrogens with one attached hydrogen (secondary N) is 1. The predicted molar refractivity (Wildman–Crippen MR) is 159 cm³/mol. The second kappa shape index (κ2) is 12.6. The van der Waals surface area contributed by atoms with Crippen molar-refractivity contribution >= 4 is 23.1 Å². The average Bonchev–Trinajstić information content (AvgIpc) is 3.23. The molecule has 1 aliphatic carbocycles. The Morgan fingerprint density at radius 3 is 2.29 bits per heavy atom. The van der Waals surface area contributed by atoms with Gasteiger partial charge in [-0.15, -0.1) is 5.06 Å². The van der Waals surface area contributed by atoms with Crippen LogP contribution in [0.1, 0.15) is 29.2 Å². The van der Waals surface area contributed by atoms with E-state index in [1.54, 1.807) is 20.3 Å². The number of hydrogen-bond acceptors (Lipinski definition) is 6. The van der Waals surface area contributed by atoms with E-state index in [2.05, 4.69) is 17.3 Å². The zero-order valence-corrected chi connectivity index (χ0v) is 24.0. The van der Waals surface area contributed by atoms with Gasteiger partial charge in [-0.1, -0.05) is 36.4 Å². The van der Waals surface area contributed by atoms with Gasteiger partial charge in [0, 0.05) is 32.7 Å². The van der Waals surface area contributed by atoms with Crippen LogP contribution in [0, 0.1) is 5.82 Å². The number of piperazine rings is 1. The van der Waals surface area contributed by atoms with Gasteiger partial charge in [-0.25, -0.2) is 4.39 Å². The number of ether oxygens (including phenoxy) is 2. The topological polar surface area (TPSA) is 63.3 Å². The van der Waals surface area contributed by atoms with E-state index in [0.717, 1.165) is 65.2 Å². The summed E-state index contributed by atoms with van der Waals surface area (Å²) in [6.45, 7) is 5.68. The minimum atomic E-state index is -0.320. The molecule has 41 heavy (non-hydrogen) atoms. The monoisotopic (exact) mass is 557 g/mol. The van der Waals surface area contributed by atoms with Crippen molar-refractivity contribution in [3.05, 3.63) is 94.3 Å². The van der Waals surface area contributed by atoms with Crippen LogP contribution in [0.15, 0.2) is 66.2 Å². The van der Waals surface area contributed by atoms with Crippen molar-refractivity contribution in [2.24, 2.45) is 0 Å². The smallest absolute Gasteiger partial charge is 0.230 e. The predicted octanol–water partition coefficient (Wildman–Crippen LogP) is 5.07. The Kier molecular flexibility index (Phi) is 8.71. The van der Waals surface area contributed by atoms with Crippen molar-refractivity contribution < 1.29 is 23.5 Å². The highest BCUT2D eigenvalue weighted by Crippen LogP contribution is 2.44.